The molecule has 3 heterocycles. The maximum absolute atomic E-state index is 13.0. The van der Waals surface area contributed by atoms with Crippen LogP contribution >= 0.6 is 11.3 Å². The summed E-state index contributed by atoms with van der Waals surface area (Å²) < 4.78 is 13.0. The molecule has 2 aliphatic heterocycles. The van der Waals surface area contributed by atoms with E-state index >= 15 is 0 Å². The van der Waals surface area contributed by atoms with Crippen LogP contribution in [0.3, 0.4) is 0 Å². The van der Waals surface area contributed by atoms with E-state index in [1.807, 2.05) is 4.90 Å². The number of rotatable bonds is 4. The van der Waals surface area contributed by atoms with Gasteiger partial charge in [0.05, 0.1) is 0 Å². The molecule has 26 heavy (non-hydrogen) atoms. The number of amides is 2. The Balaban J connectivity index is 1.48. The maximum atomic E-state index is 13.0. The Kier molecular flexibility index (Phi) is 4.54. The van der Waals surface area contributed by atoms with Gasteiger partial charge in [0.1, 0.15) is 11.9 Å². The lowest BCUT2D eigenvalue weighted by molar-refractivity contribution is -0.117. The molecule has 136 valence electrons. The lowest BCUT2D eigenvalue weighted by Crippen LogP contribution is -2.39. The van der Waals surface area contributed by atoms with Crippen LogP contribution in [0.25, 0.3) is 0 Å². The van der Waals surface area contributed by atoms with E-state index in [0.717, 1.165) is 12.8 Å². The Hall–Kier alpha value is -2.55. The van der Waals surface area contributed by atoms with E-state index in [1.165, 1.54) is 35.6 Å². The van der Waals surface area contributed by atoms with Crippen LogP contribution < -0.4 is 15.1 Å². The minimum absolute atomic E-state index is 0.0692. The fourth-order valence-corrected chi connectivity index (χ4v) is 4.28. The summed E-state index contributed by atoms with van der Waals surface area (Å²) in [5, 5.41) is 12.4. The van der Waals surface area contributed by atoms with Gasteiger partial charge >= 0.3 is 0 Å². The SMILES string of the molecule is O=C(Nc1ccc(F)cc1)C1CCCN1c1nnc(N2CCCC2=O)s1. The van der Waals surface area contributed by atoms with Crippen LogP contribution in [0, 0.1) is 5.82 Å². The predicted molar refractivity (Wildman–Crippen MR) is 96.9 cm³/mol. The molecule has 2 aromatic rings. The molecule has 0 saturated carbocycles. The molecule has 1 N–H and O–H groups in total. The number of hydrogen-bond donors (Lipinski definition) is 1. The third-order valence-electron chi connectivity index (χ3n) is 4.62. The third-order valence-corrected chi connectivity index (χ3v) is 5.60. The second-order valence-corrected chi connectivity index (χ2v) is 7.30. The van der Waals surface area contributed by atoms with Gasteiger partial charge in [-0.3, -0.25) is 14.5 Å². The third kappa shape index (κ3) is 3.26. The molecular formula is C17H18FN5O2S. The monoisotopic (exact) mass is 375 g/mol. The second kappa shape index (κ2) is 6.99. The van der Waals surface area contributed by atoms with Gasteiger partial charge in [-0.15, -0.1) is 10.2 Å². The highest BCUT2D eigenvalue weighted by Gasteiger charge is 2.34. The molecule has 4 rings (SSSR count). The normalized spacial score (nSPS) is 20.0. The van der Waals surface area contributed by atoms with Gasteiger partial charge in [-0.2, -0.15) is 0 Å². The molecule has 2 fully saturated rings. The topological polar surface area (TPSA) is 78.4 Å². The van der Waals surface area contributed by atoms with Crippen molar-refractivity contribution in [1.82, 2.24) is 10.2 Å². The van der Waals surface area contributed by atoms with Crippen LogP contribution in [-0.4, -0.2) is 41.1 Å². The minimum atomic E-state index is -0.352. The molecule has 2 amide bonds. The van der Waals surface area contributed by atoms with Crippen LogP contribution in [0.4, 0.5) is 20.3 Å². The van der Waals surface area contributed by atoms with Crippen molar-refractivity contribution >= 4 is 39.1 Å². The fourth-order valence-electron chi connectivity index (χ4n) is 3.31. The van der Waals surface area contributed by atoms with E-state index < -0.39 is 0 Å². The predicted octanol–water partition coefficient (Wildman–Crippen LogP) is 2.41. The first-order chi connectivity index (χ1) is 12.6. The zero-order valence-electron chi connectivity index (χ0n) is 14.0. The van der Waals surface area contributed by atoms with E-state index in [9.17, 15) is 14.0 Å². The van der Waals surface area contributed by atoms with Gasteiger partial charge in [0.25, 0.3) is 0 Å². The molecule has 9 heteroatoms. The zero-order valence-corrected chi connectivity index (χ0v) is 14.8. The molecular weight excluding hydrogens is 357 g/mol. The van der Waals surface area contributed by atoms with Crippen LogP contribution in [-0.2, 0) is 9.59 Å². The zero-order chi connectivity index (χ0) is 18.1. The molecule has 1 unspecified atom stereocenters. The Labute approximate surface area is 153 Å². The summed E-state index contributed by atoms with van der Waals surface area (Å²) in [6.07, 6.45) is 2.96. The number of nitrogens with zero attached hydrogens (tertiary/aromatic N) is 4. The number of carbonyl (C=O) groups is 2. The van der Waals surface area contributed by atoms with Crippen molar-refractivity contribution in [2.24, 2.45) is 0 Å². The van der Waals surface area contributed by atoms with Gasteiger partial charge in [0.15, 0.2) is 0 Å². The van der Waals surface area contributed by atoms with Crippen LogP contribution in [0.2, 0.25) is 0 Å². The van der Waals surface area contributed by atoms with E-state index in [1.54, 1.807) is 4.90 Å². The Morgan fingerprint density at radius 1 is 1.15 bits per heavy atom. The van der Waals surface area contributed by atoms with Crippen LogP contribution in [0.1, 0.15) is 25.7 Å². The summed E-state index contributed by atoms with van der Waals surface area (Å²) in [4.78, 5) is 28.1. The fraction of sp³-hybridized carbons (Fsp3) is 0.412. The molecule has 7 nitrogen and oxygen atoms in total. The quantitative estimate of drug-likeness (QED) is 0.888. The smallest absolute Gasteiger partial charge is 0.247 e. The minimum Gasteiger partial charge on any atom is -0.335 e. The van der Waals surface area contributed by atoms with Gasteiger partial charge in [0.2, 0.25) is 22.1 Å². The van der Waals surface area contributed by atoms with Crippen molar-refractivity contribution in [1.29, 1.82) is 0 Å². The van der Waals surface area contributed by atoms with Crippen molar-refractivity contribution < 1.29 is 14.0 Å². The molecule has 2 aliphatic rings. The maximum Gasteiger partial charge on any atom is 0.247 e. The summed E-state index contributed by atoms with van der Waals surface area (Å²) in [5.74, 6) is -0.425. The van der Waals surface area contributed by atoms with Gasteiger partial charge in [-0.1, -0.05) is 11.3 Å². The molecule has 1 aromatic heterocycles. The molecule has 0 bridgehead atoms. The van der Waals surface area contributed by atoms with E-state index in [2.05, 4.69) is 15.5 Å². The largest absolute Gasteiger partial charge is 0.335 e. The molecule has 2 saturated heterocycles. The first kappa shape index (κ1) is 16.9. The van der Waals surface area contributed by atoms with Crippen molar-refractivity contribution in [3.8, 4) is 0 Å². The summed E-state index contributed by atoms with van der Waals surface area (Å²) in [6.45, 7) is 1.38. The van der Waals surface area contributed by atoms with Gasteiger partial charge in [-0.25, -0.2) is 4.39 Å². The Morgan fingerprint density at radius 2 is 1.92 bits per heavy atom. The van der Waals surface area contributed by atoms with Gasteiger partial charge < -0.3 is 10.2 Å². The Bertz CT molecular complexity index is 825. The molecule has 0 radical (unpaired) electrons. The number of benzene rings is 1. The van der Waals surface area contributed by atoms with Crippen molar-refractivity contribution in [3.63, 3.8) is 0 Å². The second-order valence-electron chi connectivity index (χ2n) is 6.36. The number of aromatic nitrogens is 2. The average Bonchev–Trinajstić information content (AvgIpc) is 3.35. The van der Waals surface area contributed by atoms with E-state index in [4.69, 9.17) is 0 Å². The highest BCUT2D eigenvalue weighted by molar-refractivity contribution is 7.19. The van der Waals surface area contributed by atoms with Crippen LogP contribution in [0.15, 0.2) is 24.3 Å². The number of hydrogen-bond acceptors (Lipinski definition) is 6. The van der Waals surface area contributed by atoms with E-state index in [0.29, 0.717) is 41.9 Å². The lowest BCUT2D eigenvalue weighted by atomic mass is 10.2. The van der Waals surface area contributed by atoms with Crippen molar-refractivity contribution in [2.45, 2.75) is 31.7 Å². The standard InChI is InChI=1S/C17H18FN5O2S/c18-11-5-7-12(8-6-11)19-15(25)13-3-1-9-22(13)16-20-21-17(26-16)23-10-2-4-14(23)24/h5-8,13H,1-4,9-10H2,(H,19,25). The Morgan fingerprint density at radius 3 is 2.65 bits per heavy atom. The average molecular weight is 375 g/mol. The number of carbonyl (C=O) groups excluding carboxylic acids is 2. The van der Waals surface area contributed by atoms with E-state index in [-0.39, 0.29) is 23.7 Å². The highest BCUT2D eigenvalue weighted by Crippen LogP contribution is 2.34. The van der Waals surface area contributed by atoms with Gasteiger partial charge in [0, 0.05) is 25.2 Å². The highest BCUT2D eigenvalue weighted by atomic mass is 32.1. The first-order valence-corrected chi connectivity index (χ1v) is 9.40. The van der Waals surface area contributed by atoms with Crippen molar-refractivity contribution in [3.05, 3.63) is 30.1 Å². The summed E-state index contributed by atoms with van der Waals surface area (Å²) in [7, 11) is 0. The number of nitrogens with one attached hydrogen (secondary N) is 1. The van der Waals surface area contributed by atoms with Crippen LogP contribution in [0.5, 0.6) is 0 Å². The summed E-state index contributed by atoms with van der Waals surface area (Å²) in [5.41, 5.74) is 0.559. The van der Waals surface area contributed by atoms with Crippen molar-refractivity contribution in [2.75, 3.05) is 28.2 Å². The molecule has 0 aliphatic carbocycles. The number of halogens is 1. The molecule has 1 aromatic carbocycles. The summed E-state index contributed by atoms with van der Waals surface area (Å²) >= 11 is 1.34. The number of anilines is 3. The molecule has 1 atom stereocenters. The first-order valence-electron chi connectivity index (χ1n) is 8.59. The lowest BCUT2D eigenvalue weighted by Gasteiger charge is -2.22. The summed E-state index contributed by atoms with van der Waals surface area (Å²) in [6, 6.07) is 5.34. The molecule has 0 spiro atoms. The van der Waals surface area contributed by atoms with Gasteiger partial charge in [-0.05, 0) is 43.5 Å².